The van der Waals surface area contributed by atoms with Crippen molar-refractivity contribution in [3.05, 3.63) is 29.6 Å². The Kier molecular flexibility index (Phi) is 3.64. The molecule has 0 aromatic heterocycles. The SMILES string of the molecule is C[C@H](N)c1c(F)cccc1N(C)C1CCOC1. The summed E-state index contributed by atoms with van der Waals surface area (Å²) in [4.78, 5) is 2.08. The molecule has 2 N–H and O–H groups in total. The molecule has 1 heterocycles. The van der Waals surface area contributed by atoms with Crippen LogP contribution >= 0.6 is 0 Å². The summed E-state index contributed by atoms with van der Waals surface area (Å²) >= 11 is 0. The van der Waals surface area contributed by atoms with Crippen molar-refractivity contribution >= 4 is 5.69 Å². The average molecular weight is 238 g/mol. The van der Waals surface area contributed by atoms with Gasteiger partial charge in [0.05, 0.1) is 12.6 Å². The molecule has 0 aliphatic carbocycles. The fourth-order valence-electron chi connectivity index (χ4n) is 2.31. The van der Waals surface area contributed by atoms with Crippen LogP contribution in [0.15, 0.2) is 18.2 Å². The number of halogens is 1. The molecule has 0 amide bonds. The molecule has 0 bridgehead atoms. The molecule has 0 saturated carbocycles. The van der Waals surface area contributed by atoms with Gasteiger partial charge in [-0.15, -0.1) is 0 Å². The molecule has 1 aromatic carbocycles. The number of likely N-dealkylation sites (N-methyl/N-ethyl adjacent to an activating group) is 1. The fraction of sp³-hybridized carbons (Fsp3) is 0.538. The lowest BCUT2D eigenvalue weighted by Crippen LogP contribution is -2.33. The first-order valence-corrected chi connectivity index (χ1v) is 5.96. The van der Waals surface area contributed by atoms with Crippen LogP contribution in [0.4, 0.5) is 10.1 Å². The van der Waals surface area contributed by atoms with Gasteiger partial charge in [0.2, 0.25) is 0 Å². The molecular weight excluding hydrogens is 219 g/mol. The van der Waals surface area contributed by atoms with Crippen LogP contribution in [0.2, 0.25) is 0 Å². The van der Waals surface area contributed by atoms with Gasteiger partial charge >= 0.3 is 0 Å². The van der Waals surface area contributed by atoms with Gasteiger partial charge in [0.1, 0.15) is 5.82 Å². The molecule has 0 spiro atoms. The Morgan fingerprint density at radius 1 is 1.53 bits per heavy atom. The lowest BCUT2D eigenvalue weighted by Gasteiger charge is -2.28. The van der Waals surface area contributed by atoms with Gasteiger partial charge in [0.25, 0.3) is 0 Å². The summed E-state index contributed by atoms with van der Waals surface area (Å²) in [5.74, 6) is -0.233. The Labute approximate surface area is 101 Å². The predicted octanol–water partition coefficient (Wildman–Crippen LogP) is 2.07. The van der Waals surface area contributed by atoms with Crippen LogP contribution in [0.3, 0.4) is 0 Å². The minimum Gasteiger partial charge on any atom is -0.379 e. The highest BCUT2D eigenvalue weighted by Gasteiger charge is 2.24. The number of benzene rings is 1. The maximum absolute atomic E-state index is 13.8. The van der Waals surface area contributed by atoms with E-state index in [1.54, 1.807) is 13.0 Å². The van der Waals surface area contributed by atoms with Crippen molar-refractivity contribution in [2.24, 2.45) is 5.73 Å². The highest BCUT2D eigenvalue weighted by Crippen LogP contribution is 2.29. The Morgan fingerprint density at radius 2 is 2.29 bits per heavy atom. The minimum atomic E-state index is -0.309. The van der Waals surface area contributed by atoms with Crippen molar-refractivity contribution in [1.29, 1.82) is 0 Å². The highest BCUT2D eigenvalue weighted by molar-refractivity contribution is 5.55. The number of nitrogens with two attached hydrogens (primary N) is 1. The second-order valence-electron chi connectivity index (χ2n) is 4.59. The molecule has 2 rings (SSSR count). The van der Waals surface area contributed by atoms with E-state index in [4.69, 9.17) is 10.5 Å². The van der Waals surface area contributed by atoms with E-state index in [1.165, 1.54) is 6.07 Å². The molecule has 1 unspecified atom stereocenters. The van der Waals surface area contributed by atoms with Gasteiger partial charge in [0.15, 0.2) is 0 Å². The quantitative estimate of drug-likeness (QED) is 0.876. The Morgan fingerprint density at radius 3 is 2.88 bits per heavy atom. The Hall–Kier alpha value is -1.13. The monoisotopic (exact) mass is 238 g/mol. The normalized spacial score (nSPS) is 21.5. The van der Waals surface area contributed by atoms with Gasteiger partial charge in [-0.1, -0.05) is 6.07 Å². The molecule has 1 aliphatic heterocycles. The topological polar surface area (TPSA) is 38.5 Å². The lowest BCUT2D eigenvalue weighted by atomic mass is 10.0. The first kappa shape index (κ1) is 12.3. The summed E-state index contributed by atoms with van der Waals surface area (Å²) in [7, 11) is 1.97. The van der Waals surface area contributed by atoms with Crippen molar-refractivity contribution in [3.63, 3.8) is 0 Å². The molecule has 94 valence electrons. The largest absolute Gasteiger partial charge is 0.379 e. The van der Waals surface area contributed by atoms with Crippen molar-refractivity contribution in [2.75, 3.05) is 25.2 Å². The molecule has 0 radical (unpaired) electrons. The molecular formula is C13H19FN2O. The van der Waals surface area contributed by atoms with Gasteiger partial charge in [-0.05, 0) is 25.5 Å². The summed E-state index contributed by atoms with van der Waals surface area (Å²) in [5.41, 5.74) is 7.31. The summed E-state index contributed by atoms with van der Waals surface area (Å²) in [5, 5.41) is 0. The van der Waals surface area contributed by atoms with Crippen LogP contribution in [0.1, 0.15) is 24.9 Å². The second-order valence-corrected chi connectivity index (χ2v) is 4.59. The van der Waals surface area contributed by atoms with Crippen LogP contribution in [0.5, 0.6) is 0 Å². The summed E-state index contributed by atoms with van der Waals surface area (Å²) < 4.78 is 19.2. The van der Waals surface area contributed by atoms with E-state index in [1.807, 2.05) is 13.1 Å². The smallest absolute Gasteiger partial charge is 0.130 e. The van der Waals surface area contributed by atoms with Crippen molar-refractivity contribution in [1.82, 2.24) is 0 Å². The first-order valence-electron chi connectivity index (χ1n) is 5.96. The van der Waals surface area contributed by atoms with Gasteiger partial charge in [-0.25, -0.2) is 4.39 Å². The summed E-state index contributed by atoms with van der Waals surface area (Å²) in [6, 6.07) is 5.11. The Balaban J connectivity index is 2.33. The third-order valence-electron chi connectivity index (χ3n) is 3.32. The van der Waals surface area contributed by atoms with Crippen LogP contribution < -0.4 is 10.6 Å². The van der Waals surface area contributed by atoms with Crippen LogP contribution in [-0.2, 0) is 4.74 Å². The zero-order chi connectivity index (χ0) is 12.4. The number of nitrogens with zero attached hydrogens (tertiary/aromatic N) is 1. The average Bonchev–Trinajstić information content (AvgIpc) is 2.80. The van der Waals surface area contributed by atoms with Crippen molar-refractivity contribution < 1.29 is 9.13 Å². The molecule has 3 nitrogen and oxygen atoms in total. The minimum absolute atomic E-state index is 0.233. The van der Waals surface area contributed by atoms with E-state index < -0.39 is 0 Å². The van der Waals surface area contributed by atoms with E-state index in [0.717, 1.165) is 18.7 Å². The number of hydrogen-bond acceptors (Lipinski definition) is 3. The molecule has 1 fully saturated rings. The zero-order valence-electron chi connectivity index (χ0n) is 10.3. The number of rotatable bonds is 3. The van der Waals surface area contributed by atoms with E-state index in [9.17, 15) is 4.39 Å². The fourth-order valence-corrected chi connectivity index (χ4v) is 2.31. The maximum Gasteiger partial charge on any atom is 0.130 e. The van der Waals surface area contributed by atoms with E-state index >= 15 is 0 Å². The molecule has 17 heavy (non-hydrogen) atoms. The third-order valence-corrected chi connectivity index (χ3v) is 3.32. The van der Waals surface area contributed by atoms with Crippen LogP contribution in [0.25, 0.3) is 0 Å². The predicted molar refractivity (Wildman–Crippen MR) is 66.6 cm³/mol. The van der Waals surface area contributed by atoms with Crippen LogP contribution in [0, 0.1) is 5.82 Å². The molecule has 1 saturated heterocycles. The zero-order valence-corrected chi connectivity index (χ0v) is 10.3. The molecule has 4 heteroatoms. The first-order chi connectivity index (χ1) is 8.11. The number of ether oxygens (including phenoxy) is 1. The summed E-state index contributed by atoms with van der Waals surface area (Å²) in [6.45, 7) is 3.28. The van der Waals surface area contributed by atoms with Crippen LogP contribution in [-0.4, -0.2) is 26.3 Å². The van der Waals surface area contributed by atoms with E-state index in [-0.39, 0.29) is 11.9 Å². The number of anilines is 1. The Bertz CT molecular complexity index is 389. The molecule has 1 aromatic rings. The van der Waals surface area contributed by atoms with Gasteiger partial charge < -0.3 is 15.4 Å². The lowest BCUT2D eigenvalue weighted by molar-refractivity contribution is 0.193. The van der Waals surface area contributed by atoms with Crippen molar-refractivity contribution in [2.45, 2.75) is 25.4 Å². The maximum atomic E-state index is 13.8. The second kappa shape index (κ2) is 5.02. The van der Waals surface area contributed by atoms with Gasteiger partial charge in [-0.2, -0.15) is 0 Å². The van der Waals surface area contributed by atoms with Gasteiger partial charge in [-0.3, -0.25) is 0 Å². The standard InChI is InChI=1S/C13H19FN2O/c1-9(15)13-11(14)4-3-5-12(13)16(2)10-6-7-17-8-10/h3-5,9-10H,6-8,15H2,1-2H3/t9-,10?/m0/s1. The molecule has 1 aliphatic rings. The summed E-state index contributed by atoms with van der Waals surface area (Å²) in [6.07, 6.45) is 0.978. The van der Waals surface area contributed by atoms with Gasteiger partial charge in [0, 0.05) is 30.9 Å². The van der Waals surface area contributed by atoms with Crippen molar-refractivity contribution in [3.8, 4) is 0 Å². The number of hydrogen-bond donors (Lipinski definition) is 1. The molecule has 2 atom stereocenters. The highest BCUT2D eigenvalue weighted by atomic mass is 19.1. The van der Waals surface area contributed by atoms with E-state index in [0.29, 0.717) is 18.2 Å². The third kappa shape index (κ3) is 2.42. The van der Waals surface area contributed by atoms with E-state index in [2.05, 4.69) is 4.90 Å².